The number of amides is 4. The highest BCUT2D eigenvalue weighted by molar-refractivity contribution is 6.07. The number of pyridine rings is 2. The fraction of sp³-hybridized carbons (Fsp3) is 0.123. The summed E-state index contributed by atoms with van der Waals surface area (Å²) in [5.41, 5.74) is 9.03. The Kier molecular flexibility index (Phi) is 18.8. The van der Waals surface area contributed by atoms with E-state index in [-0.39, 0.29) is 23.6 Å². The second kappa shape index (κ2) is 26.6. The molecule has 0 fully saturated rings. The van der Waals surface area contributed by atoms with Crippen LogP contribution in [0.4, 0.5) is 46.0 Å². The van der Waals surface area contributed by atoms with Crippen molar-refractivity contribution in [1.82, 2.24) is 39.7 Å². The molecular formula is C57H56N14O4. The lowest BCUT2D eigenvalue weighted by molar-refractivity contribution is -0.112. The molecule has 0 saturated heterocycles. The summed E-state index contributed by atoms with van der Waals surface area (Å²) in [7, 11) is 7.69. The first-order valence-electron chi connectivity index (χ1n) is 23.6. The van der Waals surface area contributed by atoms with E-state index in [1.54, 1.807) is 116 Å². The van der Waals surface area contributed by atoms with E-state index in [4.69, 9.17) is 0 Å². The standard InChI is InChI=1S/C29H29N7O2.C28H27N7O2/c1-20-17-24(11-12-25(20)34-29-31-15-13-26(35-29)22-8-5-14-30-19-22)33-28(38)21-7-4-9-23(18-21)32-27(37)10-6-16-36(2)3;1-35(2)17-5-9-26(36)31-24-8-3-6-20(18-24)27(37)32-22-10-12-23(13-11-22)33-28-30-16-14-25(34-28)21-7-4-15-29-19-21/h4-15,17-19H,16H2,1-3H3,(H,32,37)(H,33,38)(H,31,34,35);3-16,18-19H,17H2,1-2H3,(H,31,36)(H,32,37)(H,30,33,34)/b10-6+;9-5+. The van der Waals surface area contributed by atoms with E-state index in [2.05, 4.69) is 61.8 Å². The molecule has 0 aliphatic heterocycles. The average molecular weight is 1000 g/mol. The Morgan fingerprint density at radius 1 is 0.480 bits per heavy atom. The van der Waals surface area contributed by atoms with E-state index >= 15 is 0 Å². The van der Waals surface area contributed by atoms with Crippen molar-refractivity contribution in [3.05, 3.63) is 206 Å². The fourth-order valence-electron chi connectivity index (χ4n) is 6.95. The summed E-state index contributed by atoms with van der Waals surface area (Å²) >= 11 is 0. The van der Waals surface area contributed by atoms with Gasteiger partial charge in [0.05, 0.1) is 11.4 Å². The van der Waals surface area contributed by atoms with Crippen molar-refractivity contribution in [3.63, 3.8) is 0 Å². The molecule has 0 bridgehead atoms. The molecule has 4 heterocycles. The number of anilines is 8. The molecule has 4 aromatic heterocycles. The van der Waals surface area contributed by atoms with Crippen LogP contribution in [0.15, 0.2) is 189 Å². The summed E-state index contributed by atoms with van der Waals surface area (Å²) in [5, 5.41) is 17.7. The van der Waals surface area contributed by atoms with Crippen LogP contribution in [0.1, 0.15) is 26.3 Å². The Bertz CT molecular complexity index is 3280. The van der Waals surface area contributed by atoms with E-state index in [1.807, 2.05) is 106 Å². The first kappa shape index (κ1) is 53.0. The first-order valence-corrected chi connectivity index (χ1v) is 23.6. The lowest BCUT2D eigenvalue weighted by atomic mass is 10.1. The van der Waals surface area contributed by atoms with Crippen molar-refractivity contribution in [2.24, 2.45) is 0 Å². The predicted molar refractivity (Wildman–Crippen MR) is 296 cm³/mol. The quantitative estimate of drug-likeness (QED) is 0.0441. The van der Waals surface area contributed by atoms with Gasteiger partial charge in [0, 0.05) is 119 Å². The molecule has 0 spiro atoms. The molecule has 6 N–H and O–H groups in total. The van der Waals surface area contributed by atoms with Gasteiger partial charge in [-0.05, 0) is 156 Å². The Morgan fingerprint density at radius 2 is 0.947 bits per heavy atom. The van der Waals surface area contributed by atoms with Crippen molar-refractivity contribution >= 4 is 69.6 Å². The van der Waals surface area contributed by atoms with Gasteiger partial charge in [0.2, 0.25) is 23.7 Å². The number of aryl methyl sites for hydroxylation is 1. The van der Waals surface area contributed by atoms with Crippen LogP contribution >= 0.6 is 0 Å². The fourth-order valence-corrected chi connectivity index (χ4v) is 6.95. The highest BCUT2D eigenvalue weighted by Gasteiger charge is 2.12. The zero-order valence-corrected chi connectivity index (χ0v) is 42.0. The van der Waals surface area contributed by atoms with Crippen LogP contribution in [-0.2, 0) is 9.59 Å². The average Bonchev–Trinajstić information content (AvgIpc) is 3.41. The zero-order chi connectivity index (χ0) is 52.9. The third-order valence-corrected chi connectivity index (χ3v) is 10.6. The minimum Gasteiger partial charge on any atom is -0.324 e. The normalized spacial score (nSPS) is 10.9. The largest absolute Gasteiger partial charge is 0.324 e. The summed E-state index contributed by atoms with van der Waals surface area (Å²) in [6.07, 6.45) is 16.8. The summed E-state index contributed by atoms with van der Waals surface area (Å²) in [6, 6.07) is 37.6. The van der Waals surface area contributed by atoms with Gasteiger partial charge in [-0.1, -0.05) is 24.3 Å². The van der Waals surface area contributed by atoms with Crippen LogP contribution in [0.2, 0.25) is 0 Å². The van der Waals surface area contributed by atoms with Crippen LogP contribution < -0.4 is 31.9 Å². The molecule has 18 heteroatoms. The number of nitrogens with one attached hydrogen (secondary N) is 6. The van der Waals surface area contributed by atoms with E-state index in [0.29, 0.717) is 58.9 Å². The minimum absolute atomic E-state index is 0.252. The molecule has 18 nitrogen and oxygen atoms in total. The monoisotopic (exact) mass is 1000 g/mol. The smallest absolute Gasteiger partial charge is 0.255 e. The van der Waals surface area contributed by atoms with Crippen LogP contribution in [0.25, 0.3) is 22.5 Å². The molecule has 0 aliphatic rings. The van der Waals surface area contributed by atoms with Gasteiger partial charge in [-0.2, -0.15) is 0 Å². The van der Waals surface area contributed by atoms with Crippen molar-refractivity contribution < 1.29 is 19.2 Å². The Hall–Kier alpha value is -9.78. The van der Waals surface area contributed by atoms with Gasteiger partial charge in [-0.15, -0.1) is 0 Å². The molecule has 0 aliphatic carbocycles. The Labute approximate surface area is 435 Å². The minimum atomic E-state index is -0.285. The highest BCUT2D eigenvalue weighted by atomic mass is 16.2. The molecule has 8 aromatic rings. The van der Waals surface area contributed by atoms with Crippen molar-refractivity contribution in [2.45, 2.75) is 6.92 Å². The maximum atomic E-state index is 12.9. The first-order chi connectivity index (χ1) is 36.3. The summed E-state index contributed by atoms with van der Waals surface area (Å²) < 4.78 is 0. The van der Waals surface area contributed by atoms with Gasteiger partial charge >= 0.3 is 0 Å². The number of likely N-dealkylation sites (N-methyl/N-ethyl adjacent to an activating group) is 2. The van der Waals surface area contributed by atoms with E-state index < -0.39 is 0 Å². The topological polar surface area (TPSA) is 224 Å². The second-order valence-corrected chi connectivity index (χ2v) is 17.2. The second-order valence-electron chi connectivity index (χ2n) is 17.2. The van der Waals surface area contributed by atoms with Gasteiger partial charge in [-0.25, -0.2) is 19.9 Å². The molecular weight excluding hydrogens is 945 g/mol. The summed E-state index contributed by atoms with van der Waals surface area (Å²) in [4.78, 5) is 79.7. The predicted octanol–water partition coefficient (Wildman–Crippen LogP) is 9.49. The van der Waals surface area contributed by atoms with E-state index in [0.717, 1.165) is 39.5 Å². The molecule has 378 valence electrons. The molecule has 0 atom stereocenters. The van der Waals surface area contributed by atoms with Crippen LogP contribution in [0.3, 0.4) is 0 Å². The van der Waals surface area contributed by atoms with E-state index in [9.17, 15) is 19.2 Å². The summed E-state index contributed by atoms with van der Waals surface area (Å²) in [6.45, 7) is 3.26. The number of carbonyl (C=O) groups excluding carboxylic acids is 4. The zero-order valence-electron chi connectivity index (χ0n) is 42.0. The lowest BCUT2D eigenvalue weighted by Gasteiger charge is -2.12. The molecule has 0 saturated carbocycles. The number of carbonyl (C=O) groups is 4. The summed E-state index contributed by atoms with van der Waals surface area (Å²) in [5.74, 6) is -0.157. The lowest BCUT2D eigenvalue weighted by Crippen LogP contribution is -2.14. The number of nitrogens with zero attached hydrogens (tertiary/aromatic N) is 8. The number of hydrogen-bond acceptors (Lipinski definition) is 14. The maximum Gasteiger partial charge on any atom is 0.255 e. The Balaban J connectivity index is 0.000000219. The molecule has 4 aromatic carbocycles. The van der Waals surface area contributed by atoms with Crippen molar-refractivity contribution in [3.8, 4) is 22.5 Å². The van der Waals surface area contributed by atoms with E-state index in [1.165, 1.54) is 12.2 Å². The molecule has 75 heavy (non-hydrogen) atoms. The number of aromatic nitrogens is 6. The van der Waals surface area contributed by atoms with Crippen molar-refractivity contribution in [1.29, 1.82) is 0 Å². The third kappa shape index (κ3) is 16.9. The van der Waals surface area contributed by atoms with Gasteiger partial charge < -0.3 is 41.7 Å². The Morgan fingerprint density at radius 3 is 1.43 bits per heavy atom. The van der Waals surface area contributed by atoms with Gasteiger partial charge in [0.1, 0.15) is 0 Å². The molecule has 8 rings (SSSR count). The number of rotatable bonds is 18. The highest BCUT2D eigenvalue weighted by Crippen LogP contribution is 2.25. The van der Waals surface area contributed by atoms with Crippen LogP contribution in [-0.4, -0.2) is 105 Å². The van der Waals surface area contributed by atoms with Crippen molar-refractivity contribution in [2.75, 3.05) is 73.2 Å². The number of benzene rings is 4. The molecule has 0 unspecified atom stereocenters. The van der Waals surface area contributed by atoms with Gasteiger partial charge in [0.25, 0.3) is 11.8 Å². The van der Waals surface area contributed by atoms with Crippen LogP contribution in [0, 0.1) is 6.92 Å². The van der Waals surface area contributed by atoms with Gasteiger partial charge in [-0.3, -0.25) is 29.1 Å². The molecule has 0 radical (unpaired) electrons. The third-order valence-electron chi connectivity index (χ3n) is 10.6. The SMILES string of the molecule is CN(C)C/C=C/C(=O)Nc1cccc(C(=O)Nc2ccc(Nc3nccc(-c4cccnc4)n3)cc2)c1.Cc1cc(NC(=O)c2cccc(NC(=O)/C=C/CN(C)C)c2)ccc1Nc1nccc(-c2cccnc2)n1. The number of hydrogen-bond donors (Lipinski definition) is 6. The van der Waals surface area contributed by atoms with Gasteiger partial charge in [0.15, 0.2) is 0 Å². The maximum absolute atomic E-state index is 12.9. The van der Waals surface area contributed by atoms with Crippen LogP contribution in [0.5, 0.6) is 0 Å². The molecule has 4 amide bonds.